The molecule has 1 heterocycles. The van der Waals surface area contributed by atoms with E-state index in [1.807, 2.05) is 0 Å². The lowest BCUT2D eigenvalue weighted by Crippen LogP contribution is -2.38. The van der Waals surface area contributed by atoms with Gasteiger partial charge in [0.05, 0.1) is 6.04 Å². The van der Waals surface area contributed by atoms with Crippen molar-refractivity contribution < 1.29 is 4.42 Å². The third-order valence-corrected chi connectivity index (χ3v) is 10.6. The number of furan rings is 1. The Hall–Kier alpha value is -6.64. The number of nitrogens with zero attached hydrogens (tertiary/aromatic N) is 1. The van der Waals surface area contributed by atoms with Gasteiger partial charge in [-0.1, -0.05) is 158 Å². The Bertz CT molecular complexity index is 2750. The van der Waals surface area contributed by atoms with Gasteiger partial charge >= 0.3 is 0 Å². The van der Waals surface area contributed by atoms with Gasteiger partial charge in [-0.2, -0.15) is 0 Å². The predicted octanol–water partition coefficient (Wildman–Crippen LogP) is 13.5. The lowest BCUT2D eigenvalue weighted by Gasteiger charge is -2.40. The van der Waals surface area contributed by atoms with Crippen molar-refractivity contribution in [2.24, 2.45) is 5.92 Å². The van der Waals surface area contributed by atoms with Crippen LogP contribution in [0.2, 0.25) is 0 Å². The van der Waals surface area contributed by atoms with E-state index in [9.17, 15) is 0 Å². The van der Waals surface area contributed by atoms with Crippen LogP contribution in [0, 0.1) is 5.92 Å². The van der Waals surface area contributed by atoms with Crippen molar-refractivity contribution in [3.8, 4) is 33.4 Å². The molecule has 0 bridgehead atoms. The van der Waals surface area contributed by atoms with E-state index in [1.54, 1.807) is 0 Å². The summed E-state index contributed by atoms with van der Waals surface area (Å²) >= 11 is 0. The highest BCUT2D eigenvalue weighted by Crippen LogP contribution is 2.46. The van der Waals surface area contributed by atoms with Gasteiger partial charge < -0.3 is 9.32 Å². The van der Waals surface area contributed by atoms with Gasteiger partial charge in [0.1, 0.15) is 11.2 Å². The Kier molecular flexibility index (Phi) is 7.32. The maximum absolute atomic E-state index is 6.43. The number of benzene rings is 7. The van der Waals surface area contributed by atoms with Crippen LogP contribution in [0.1, 0.15) is 0 Å². The maximum Gasteiger partial charge on any atom is 0.136 e. The molecule has 0 saturated carbocycles. The summed E-state index contributed by atoms with van der Waals surface area (Å²) in [4.78, 5) is 2.58. The molecule has 2 unspecified atom stereocenters. The number of allylic oxidation sites excluding steroid dienone is 5. The molecular weight excluding hydrogens is 631 g/mol. The fourth-order valence-electron chi connectivity index (χ4n) is 8.11. The van der Waals surface area contributed by atoms with E-state index in [1.165, 1.54) is 49.9 Å². The first-order valence-electron chi connectivity index (χ1n) is 18.0. The lowest BCUT2D eigenvalue weighted by atomic mass is 9.82. The van der Waals surface area contributed by atoms with E-state index < -0.39 is 0 Å². The maximum atomic E-state index is 6.43. The predicted molar refractivity (Wildman–Crippen MR) is 219 cm³/mol. The standard InChI is InChI=1S/C50H35NO/c1-3-14-34(15-4-1)39-26-28-48(43(30-39)36-16-5-2-6-17-36)51(47-25-13-21-35-18-9-10-22-41(35)47)46-24-12-11-23-42(46)40-27-29-49-44(32-40)45-31-37-19-7-8-20-38(37)33-50(45)52-49/h1-33,41,47H. The minimum Gasteiger partial charge on any atom is -0.456 e. The molecule has 2 aliphatic carbocycles. The fraction of sp³-hybridized carbons (Fsp3) is 0.0400. The molecule has 2 heteroatoms. The molecule has 0 radical (unpaired) electrons. The Morgan fingerprint density at radius 1 is 0.442 bits per heavy atom. The zero-order chi connectivity index (χ0) is 34.4. The zero-order valence-corrected chi connectivity index (χ0v) is 28.6. The van der Waals surface area contributed by atoms with E-state index in [0.29, 0.717) is 0 Å². The first-order chi connectivity index (χ1) is 25.8. The average Bonchev–Trinajstić information content (AvgIpc) is 3.57. The van der Waals surface area contributed by atoms with Crippen LogP contribution < -0.4 is 4.90 Å². The van der Waals surface area contributed by atoms with Crippen molar-refractivity contribution in [3.63, 3.8) is 0 Å². The first kappa shape index (κ1) is 30.2. The first-order valence-corrected chi connectivity index (χ1v) is 18.0. The van der Waals surface area contributed by atoms with Crippen molar-refractivity contribution in [3.05, 3.63) is 206 Å². The molecule has 10 rings (SSSR count). The molecule has 8 aromatic rings. The molecule has 246 valence electrons. The van der Waals surface area contributed by atoms with E-state index in [-0.39, 0.29) is 12.0 Å². The SMILES string of the molecule is C1=CC2=CC=CC(N(c3ccccc3-c3ccc4oc5cc6ccccc6cc5c4c3)c3ccc(-c4ccccc4)cc3-c3ccccc3)C2C=C1. The van der Waals surface area contributed by atoms with Gasteiger partial charge in [0.2, 0.25) is 0 Å². The number of hydrogen-bond donors (Lipinski definition) is 0. The Labute approximate surface area is 303 Å². The Morgan fingerprint density at radius 3 is 1.98 bits per heavy atom. The van der Waals surface area contributed by atoms with Crippen LogP contribution in [0.25, 0.3) is 66.1 Å². The Balaban J connectivity index is 1.20. The average molecular weight is 666 g/mol. The van der Waals surface area contributed by atoms with Gasteiger partial charge in [0.25, 0.3) is 0 Å². The van der Waals surface area contributed by atoms with E-state index in [2.05, 4.69) is 205 Å². The van der Waals surface area contributed by atoms with E-state index in [0.717, 1.165) is 33.2 Å². The van der Waals surface area contributed by atoms with Gasteiger partial charge in [-0.15, -0.1) is 0 Å². The van der Waals surface area contributed by atoms with Gasteiger partial charge in [-0.3, -0.25) is 0 Å². The highest BCUT2D eigenvalue weighted by molar-refractivity contribution is 6.11. The largest absolute Gasteiger partial charge is 0.456 e. The summed E-state index contributed by atoms with van der Waals surface area (Å²) in [6.45, 7) is 0. The second-order valence-electron chi connectivity index (χ2n) is 13.7. The topological polar surface area (TPSA) is 16.4 Å². The molecule has 7 aromatic carbocycles. The van der Waals surface area contributed by atoms with Crippen LogP contribution in [0.5, 0.6) is 0 Å². The number of hydrogen-bond acceptors (Lipinski definition) is 2. The molecule has 2 atom stereocenters. The van der Waals surface area contributed by atoms with Crippen LogP contribution in [-0.2, 0) is 0 Å². The summed E-state index contributed by atoms with van der Waals surface area (Å²) in [5.74, 6) is 0.189. The van der Waals surface area contributed by atoms with Crippen molar-refractivity contribution in [2.75, 3.05) is 4.90 Å². The van der Waals surface area contributed by atoms with Crippen molar-refractivity contribution in [1.29, 1.82) is 0 Å². The molecule has 52 heavy (non-hydrogen) atoms. The molecule has 0 saturated heterocycles. The highest BCUT2D eigenvalue weighted by atomic mass is 16.3. The van der Waals surface area contributed by atoms with Gasteiger partial charge in [0, 0.05) is 39.2 Å². The zero-order valence-electron chi connectivity index (χ0n) is 28.6. The van der Waals surface area contributed by atoms with Gasteiger partial charge in [0.15, 0.2) is 0 Å². The van der Waals surface area contributed by atoms with Crippen molar-refractivity contribution in [1.82, 2.24) is 0 Å². The second-order valence-corrected chi connectivity index (χ2v) is 13.7. The molecule has 0 aliphatic heterocycles. The minimum absolute atomic E-state index is 0.0391. The number of para-hydroxylation sites is 1. The summed E-state index contributed by atoms with van der Waals surface area (Å²) in [5.41, 5.74) is 12.6. The number of fused-ring (bicyclic) bond motifs is 5. The molecular formula is C50H35NO. The Morgan fingerprint density at radius 2 is 1.13 bits per heavy atom. The second kappa shape index (κ2) is 12.6. The van der Waals surface area contributed by atoms with Crippen LogP contribution in [0.3, 0.4) is 0 Å². The van der Waals surface area contributed by atoms with Crippen molar-refractivity contribution in [2.45, 2.75) is 6.04 Å². The summed E-state index contributed by atoms with van der Waals surface area (Å²) in [5, 5.41) is 4.66. The highest BCUT2D eigenvalue weighted by Gasteiger charge is 2.32. The fourth-order valence-corrected chi connectivity index (χ4v) is 8.11. The molecule has 0 amide bonds. The molecule has 0 N–H and O–H groups in total. The van der Waals surface area contributed by atoms with E-state index >= 15 is 0 Å². The van der Waals surface area contributed by atoms with Crippen LogP contribution in [0.15, 0.2) is 210 Å². The lowest BCUT2D eigenvalue weighted by molar-refractivity contribution is 0.640. The number of rotatable bonds is 6. The quantitative estimate of drug-likeness (QED) is 0.176. The van der Waals surface area contributed by atoms with E-state index in [4.69, 9.17) is 4.42 Å². The number of anilines is 2. The summed E-state index contributed by atoms with van der Waals surface area (Å²) in [7, 11) is 0. The molecule has 2 aliphatic rings. The van der Waals surface area contributed by atoms with Crippen LogP contribution in [0.4, 0.5) is 11.4 Å². The summed E-state index contributed by atoms with van der Waals surface area (Å²) in [6, 6.07) is 57.0. The summed E-state index contributed by atoms with van der Waals surface area (Å²) < 4.78 is 6.43. The van der Waals surface area contributed by atoms with Gasteiger partial charge in [-0.25, -0.2) is 0 Å². The molecule has 2 nitrogen and oxygen atoms in total. The molecule has 1 aromatic heterocycles. The monoisotopic (exact) mass is 665 g/mol. The molecule has 0 spiro atoms. The third-order valence-electron chi connectivity index (χ3n) is 10.6. The van der Waals surface area contributed by atoms with Crippen LogP contribution in [-0.4, -0.2) is 6.04 Å². The minimum atomic E-state index is 0.0391. The normalized spacial score (nSPS) is 16.3. The molecule has 0 fully saturated rings. The third kappa shape index (κ3) is 5.20. The van der Waals surface area contributed by atoms with Crippen LogP contribution >= 0.6 is 0 Å². The van der Waals surface area contributed by atoms with Crippen molar-refractivity contribution >= 4 is 44.1 Å². The smallest absolute Gasteiger partial charge is 0.136 e. The van der Waals surface area contributed by atoms with Gasteiger partial charge in [-0.05, 0) is 81.1 Å². The summed E-state index contributed by atoms with van der Waals surface area (Å²) in [6.07, 6.45) is 15.8.